The van der Waals surface area contributed by atoms with Crippen molar-refractivity contribution >= 4 is 96.4 Å². The minimum absolute atomic E-state index is 0.180. The standard InChI is InChI=1S/C29H60O8S3Si6/c1-14-15-25-41(2,3)33-43(6,7)35-45(10,11)37-46(12,13)36-44(8,9)34-42(4,5)32-23-22-31-28(30)21-24-39-29(38)40-26-27-19-17-16-18-20-27/h16-20H,14-15,21-26H2,1-13H3. The van der Waals surface area contributed by atoms with Gasteiger partial charge in [0.15, 0.2) is 8.32 Å². The van der Waals surface area contributed by atoms with Crippen LogP contribution in [0.15, 0.2) is 30.3 Å². The van der Waals surface area contributed by atoms with E-state index in [0.717, 1.165) is 15.3 Å². The first-order valence-electron chi connectivity index (χ1n) is 16.1. The zero-order valence-electron chi connectivity index (χ0n) is 30.5. The second-order valence-corrected chi connectivity index (χ2v) is 39.7. The summed E-state index contributed by atoms with van der Waals surface area (Å²) in [7, 11) is -14.5. The molecule has 46 heavy (non-hydrogen) atoms. The number of benzene rings is 1. The zero-order chi connectivity index (χ0) is 35.3. The van der Waals surface area contributed by atoms with Crippen molar-refractivity contribution in [3.8, 4) is 0 Å². The summed E-state index contributed by atoms with van der Waals surface area (Å²) in [4.78, 5) is 12.2. The predicted molar refractivity (Wildman–Crippen MR) is 214 cm³/mol. The number of ether oxygens (including phenoxy) is 1. The summed E-state index contributed by atoms with van der Waals surface area (Å²) in [5.41, 5.74) is 1.23. The minimum Gasteiger partial charge on any atom is -0.463 e. The van der Waals surface area contributed by atoms with E-state index in [0.29, 0.717) is 12.2 Å². The molecule has 0 aliphatic rings. The Balaban J connectivity index is 2.45. The fraction of sp³-hybridized carbons (Fsp3) is 0.724. The van der Waals surface area contributed by atoms with Gasteiger partial charge in [0.25, 0.3) is 0 Å². The van der Waals surface area contributed by atoms with E-state index in [2.05, 4.69) is 71.4 Å². The summed E-state index contributed by atoms with van der Waals surface area (Å²) in [6.45, 7) is 27.8. The highest BCUT2D eigenvalue weighted by atomic mass is 32.2. The Morgan fingerprint density at radius 2 is 1.20 bits per heavy atom. The van der Waals surface area contributed by atoms with Crippen molar-refractivity contribution in [3.05, 3.63) is 35.9 Å². The van der Waals surface area contributed by atoms with Crippen LogP contribution in [0, 0.1) is 0 Å². The van der Waals surface area contributed by atoms with E-state index in [1.165, 1.54) is 30.2 Å². The Morgan fingerprint density at radius 1 is 0.696 bits per heavy atom. The van der Waals surface area contributed by atoms with Crippen molar-refractivity contribution in [1.29, 1.82) is 0 Å². The summed E-state index contributed by atoms with van der Waals surface area (Å²) in [5.74, 6) is 1.17. The molecule has 0 aliphatic heterocycles. The van der Waals surface area contributed by atoms with E-state index in [1.54, 1.807) is 11.8 Å². The van der Waals surface area contributed by atoms with Gasteiger partial charge in [-0.1, -0.05) is 62.3 Å². The van der Waals surface area contributed by atoms with Gasteiger partial charge in [0.1, 0.15) is 10.1 Å². The number of carbonyl (C=O) groups is 1. The fourth-order valence-corrected chi connectivity index (χ4v) is 36.2. The number of rotatable bonds is 22. The maximum atomic E-state index is 12.2. The van der Waals surface area contributed by atoms with Crippen LogP contribution >= 0.6 is 35.7 Å². The van der Waals surface area contributed by atoms with Crippen LogP contribution < -0.4 is 0 Å². The van der Waals surface area contributed by atoms with E-state index in [1.807, 2.05) is 44.4 Å². The normalized spacial score (nSPS) is 13.6. The lowest BCUT2D eigenvalue weighted by molar-refractivity contribution is -0.144. The Labute approximate surface area is 300 Å². The van der Waals surface area contributed by atoms with Gasteiger partial charge in [-0.25, -0.2) is 0 Å². The van der Waals surface area contributed by atoms with Gasteiger partial charge >= 0.3 is 48.8 Å². The molecule has 0 spiro atoms. The third-order valence-electron chi connectivity index (χ3n) is 6.14. The molecule has 8 nitrogen and oxygen atoms in total. The van der Waals surface area contributed by atoms with Crippen molar-refractivity contribution in [2.75, 3.05) is 19.0 Å². The van der Waals surface area contributed by atoms with E-state index < -0.39 is 51.1 Å². The Hall–Kier alpha value is 0.541. The van der Waals surface area contributed by atoms with Crippen LogP contribution in [0.5, 0.6) is 0 Å². The Bertz CT molecular complexity index is 1080. The molecule has 17 heteroatoms. The molecule has 0 N–H and O–H groups in total. The Morgan fingerprint density at radius 3 is 1.72 bits per heavy atom. The molecule has 0 heterocycles. The third-order valence-corrected chi connectivity index (χ3v) is 31.3. The van der Waals surface area contributed by atoms with Crippen molar-refractivity contribution in [2.45, 2.75) is 117 Å². The van der Waals surface area contributed by atoms with Crippen LogP contribution in [0.4, 0.5) is 0 Å². The smallest absolute Gasteiger partial charge is 0.323 e. The van der Waals surface area contributed by atoms with E-state index in [4.69, 9.17) is 42.0 Å². The number of hydrogen-bond donors (Lipinski definition) is 0. The number of thioether (sulfide) groups is 2. The fourth-order valence-electron chi connectivity index (χ4n) is 5.29. The maximum Gasteiger partial charge on any atom is 0.323 e. The molecule has 1 rings (SSSR count). The highest BCUT2D eigenvalue weighted by molar-refractivity contribution is 8.46. The second-order valence-electron chi connectivity index (χ2n) is 14.1. The van der Waals surface area contributed by atoms with Gasteiger partial charge in [0.05, 0.1) is 13.0 Å². The lowest BCUT2D eigenvalue weighted by Crippen LogP contribution is -2.60. The third kappa shape index (κ3) is 21.6. The summed E-state index contributed by atoms with van der Waals surface area (Å²) in [5, 5.41) is 0. The largest absolute Gasteiger partial charge is 0.463 e. The van der Waals surface area contributed by atoms with Crippen LogP contribution in [0.2, 0.25) is 84.6 Å². The first-order valence-corrected chi connectivity index (χ1v) is 35.7. The first kappa shape index (κ1) is 44.6. The predicted octanol–water partition coefficient (Wildman–Crippen LogP) is 9.49. The number of thiocarbonyl (C=S) groups is 1. The highest BCUT2D eigenvalue weighted by Crippen LogP contribution is 2.29. The van der Waals surface area contributed by atoms with Gasteiger partial charge in [0, 0.05) is 11.5 Å². The van der Waals surface area contributed by atoms with Crippen molar-refractivity contribution < 1.29 is 34.5 Å². The molecule has 1 aromatic carbocycles. The van der Waals surface area contributed by atoms with Crippen LogP contribution in [0.25, 0.3) is 0 Å². The number of esters is 1. The van der Waals surface area contributed by atoms with Crippen molar-refractivity contribution in [1.82, 2.24) is 0 Å². The van der Waals surface area contributed by atoms with Crippen molar-refractivity contribution in [2.24, 2.45) is 0 Å². The molecular weight excluding hydrogens is 741 g/mol. The van der Waals surface area contributed by atoms with E-state index in [-0.39, 0.29) is 19.2 Å². The first-order chi connectivity index (χ1) is 21.0. The quantitative estimate of drug-likeness (QED) is 0.0487. The van der Waals surface area contributed by atoms with Crippen LogP contribution in [-0.2, 0) is 40.3 Å². The molecular formula is C29H60O8S3Si6. The minimum atomic E-state index is -2.62. The molecule has 0 fully saturated rings. The highest BCUT2D eigenvalue weighted by Gasteiger charge is 2.47. The monoisotopic (exact) mass is 800 g/mol. The molecule has 0 bridgehead atoms. The summed E-state index contributed by atoms with van der Waals surface area (Å²) < 4.78 is 45.5. The van der Waals surface area contributed by atoms with Gasteiger partial charge in [-0.05, 0) is 90.2 Å². The molecule has 0 saturated carbocycles. The van der Waals surface area contributed by atoms with Gasteiger partial charge in [0.2, 0.25) is 0 Å². The van der Waals surface area contributed by atoms with E-state index in [9.17, 15) is 4.79 Å². The molecule has 0 aliphatic carbocycles. The van der Waals surface area contributed by atoms with Gasteiger partial charge in [-0.2, -0.15) is 0 Å². The van der Waals surface area contributed by atoms with Crippen LogP contribution in [0.1, 0.15) is 31.7 Å². The summed E-state index contributed by atoms with van der Waals surface area (Å²) in [6, 6.07) is 11.3. The van der Waals surface area contributed by atoms with Gasteiger partial charge in [-0.15, -0.1) is 23.5 Å². The topological polar surface area (TPSA) is 81.7 Å². The van der Waals surface area contributed by atoms with E-state index >= 15 is 0 Å². The molecule has 0 unspecified atom stereocenters. The second kappa shape index (κ2) is 19.8. The van der Waals surface area contributed by atoms with Crippen molar-refractivity contribution in [3.63, 3.8) is 0 Å². The lowest BCUT2D eigenvalue weighted by Gasteiger charge is -2.43. The molecule has 0 saturated heterocycles. The number of carbonyl (C=O) groups excluding carboxylic acids is 1. The molecule has 0 aromatic heterocycles. The van der Waals surface area contributed by atoms with Crippen LogP contribution in [0.3, 0.4) is 0 Å². The molecule has 1 aromatic rings. The van der Waals surface area contributed by atoms with Gasteiger partial charge in [-0.3, -0.25) is 4.79 Å². The summed E-state index contributed by atoms with van der Waals surface area (Å²) >= 11 is 8.56. The molecule has 0 atom stereocenters. The number of hydrogen-bond acceptors (Lipinski definition) is 11. The summed E-state index contributed by atoms with van der Waals surface area (Å²) in [6.07, 6.45) is 2.66. The molecule has 0 amide bonds. The average molecular weight is 802 g/mol. The average Bonchev–Trinajstić information content (AvgIpc) is 2.86. The van der Waals surface area contributed by atoms with Crippen LogP contribution in [-0.4, -0.2) is 79.6 Å². The van der Waals surface area contributed by atoms with Gasteiger partial charge < -0.3 is 29.7 Å². The number of unbranched alkanes of at least 4 members (excludes halogenated alkanes) is 1. The molecule has 0 radical (unpaired) electrons. The maximum absolute atomic E-state index is 12.2. The zero-order valence-corrected chi connectivity index (χ0v) is 39.0. The molecule has 266 valence electrons. The SMILES string of the molecule is CCCC[Si](C)(C)O[Si](C)(C)O[Si](C)(C)O[Si](C)(C)O[Si](C)(C)O[Si](C)(C)OCCOC(=O)CCSC(=S)SCc1ccccc1. The lowest BCUT2D eigenvalue weighted by atomic mass is 10.2. The Kier molecular flexibility index (Phi) is 19.2.